The molecule has 2 aliphatic carbocycles. The molecule has 0 spiro atoms. The average Bonchev–Trinajstić information content (AvgIpc) is 2.62. The first kappa shape index (κ1) is 21.9. The van der Waals surface area contributed by atoms with Crippen molar-refractivity contribution >= 4 is 11.9 Å². The molecule has 0 radical (unpaired) electrons. The van der Waals surface area contributed by atoms with Gasteiger partial charge in [-0.15, -0.1) is 0 Å². The predicted molar refractivity (Wildman–Crippen MR) is 114 cm³/mol. The molecular weight excluding hydrogens is 364 g/mol. The van der Waals surface area contributed by atoms with Gasteiger partial charge in [0.2, 0.25) is 0 Å². The molecule has 4 nitrogen and oxygen atoms in total. The second kappa shape index (κ2) is 8.12. The first-order valence-electron chi connectivity index (χ1n) is 11.1. The molecule has 5 atom stereocenters. The Bertz CT molecular complexity index is 785. The lowest BCUT2D eigenvalue weighted by Crippen LogP contribution is -2.53. The summed E-state index contributed by atoms with van der Waals surface area (Å²) in [5.41, 5.74) is 1.41. The monoisotopic (exact) mass is 400 g/mol. The van der Waals surface area contributed by atoms with Gasteiger partial charge in [-0.05, 0) is 78.0 Å². The van der Waals surface area contributed by atoms with Gasteiger partial charge in [0.05, 0.1) is 0 Å². The van der Waals surface area contributed by atoms with Crippen LogP contribution in [0, 0.1) is 28.6 Å². The maximum Gasteiger partial charge on any atom is 0.308 e. The zero-order valence-electron chi connectivity index (χ0n) is 18.8. The van der Waals surface area contributed by atoms with Crippen LogP contribution >= 0.6 is 0 Å². The Kier molecular flexibility index (Phi) is 6.12. The molecule has 1 aromatic carbocycles. The van der Waals surface area contributed by atoms with Crippen LogP contribution < -0.4 is 9.47 Å². The molecule has 0 unspecified atom stereocenters. The number of rotatable bonds is 4. The number of ether oxygens (including phenoxy) is 2. The van der Waals surface area contributed by atoms with Gasteiger partial charge < -0.3 is 9.47 Å². The lowest BCUT2D eigenvalue weighted by Gasteiger charge is -2.60. The Morgan fingerprint density at radius 1 is 1.00 bits per heavy atom. The largest absolute Gasteiger partial charge is 0.427 e. The van der Waals surface area contributed by atoms with Crippen molar-refractivity contribution in [1.82, 2.24) is 0 Å². The SMILES string of the molecule is CC(=O)Oc1ccc(OC(C)=O)c(C[C@@]2(C)[C@@H]3CCC[C@@H](C)[C@@]3(C)CC[C@@H]2C)c1. The predicted octanol–water partition coefficient (Wildman–Crippen LogP) is 5.96. The van der Waals surface area contributed by atoms with Crippen molar-refractivity contribution < 1.29 is 19.1 Å². The van der Waals surface area contributed by atoms with Gasteiger partial charge >= 0.3 is 11.9 Å². The lowest BCUT2D eigenvalue weighted by atomic mass is 9.45. The Hall–Kier alpha value is -1.84. The quantitative estimate of drug-likeness (QED) is 0.462. The van der Waals surface area contributed by atoms with E-state index >= 15 is 0 Å². The molecule has 0 amide bonds. The number of benzene rings is 1. The fraction of sp³-hybridized carbons (Fsp3) is 0.680. The third-order valence-electron chi connectivity index (χ3n) is 8.21. The molecule has 29 heavy (non-hydrogen) atoms. The van der Waals surface area contributed by atoms with Crippen LogP contribution in [0.25, 0.3) is 0 Å². The van der Waals surface area contributed by atoms with Crippen molar-refractivity contribution in [3.63, 3.8) is 0 Å². The average molecular weight is 401 g/mol. The summed E-state index contributed by atoms with van der Waals surface area (Å²) in [6.45, 7) is 12.5. The number of carbonyl (C=O) groups excluding carboxylic acids is 2. The van der Waals surface area contributed by atoms with E-state index in [9.17, 15) is 9.59 Å². The van der Waals surface area contributed by atoms with E-state index in [-0.39, 0.29) is 17.4 Å². The summed E-state index contributed by atoms with van der Waals surface area (Å²) in [6, 6.07) is 5.34. The molecule has 2 fully saturated rings. The summed E-state index contributed by atoms with van der Waals surface area (Å²) in [4.78, 5) is 23.1. The van der Waals surface area contributed by atoms with Gasteiger partial charge in [-0.1, -0.05) is 40.5 Å². The second-order valence-electron chi connectivity index (χ2n) is 9.97. The van der Waals surface area contributed by atoms with Gasteiger partial charge in [0.25, 0.3) is 0 Å². The smallest absolute Gasteiger partial charge is 0.308 e. The van der Waals surface area contributed by atoms with Crippen LogP contribution in [0.15, 0.2) is 18.2 Å². The highest BCUT2D eigenvalue weighted by Crippen LogP contribution is 2.62. The topological polar surface area (TPSA) is 52.6 Å². The van der Waals surface area contributed by atoms with E-state index in [4.69, 9.17) is 9.47 Å². The normalized spacial score (nSPS) is 34.2. The molecular formula is C25H36O4. The highest BCUT2D eigenvalue weighted by Gasteiger charge is 2.55. The van der Waals surface area contributed by atoms with Gasteiger partial charge in [0.1, 0.15) is 11.5 Å². The van der Waals surface area contributed by atoms with Crippen LogP contribution in [0.4, 0.5) is 0 Å². The number of hydrogen-bond donors (Lipinski definition) is 0. The minimum Gasteiger partial charge on any atom is -0.427 e. The Morgan fingerprint density at radius 2 is 1.69 bits per heavy atom. The first-order chi connectivity index (χ1) is 13.6. The summed E-state index contributed by atoms with van der Waals surface area (Å²) in [7, 11) is 0. The molecule has 0 aliphatic heterocycles. The maximum atomic E-state index is 11.7. The van der Waals surface area contributed by atoms with E-state index in [0.29, 0.717) is 28.7 Å². The Labute approximate surface area is 175 Å². The molecule has 4 heteroatoms. The summed E-state index contributed by atoms with van der Waals surface area (Å²) in [5, 5.41) is 0. The number of carbonyl (C=O) groups is 2. The standard InChI is InChI=1S/C25H36O4/c1-16-8-7-9-23-24(16,5)13-12-17(2)25(23,6)15-20-14-21(28-18(3)26)10-11-22(20)29-19(4)27/h10-11,14,16-17,23H,7-9,12-13,15H2,1-6H3/t16-,17+,23-,24-,25-/m1/s1. The highest BCUT2D eigenvalue weighted by atomic mass is 16.5. The minimum absolute atomic E-state index is 0.103. The molecule has 0 bridgehead atoms. The summed E-state index contributed by atoms with van der Waals surface area (Å²) in [6.07, 6.45) is 7.19. The number of esters is 2. The van der Waals surface area contributed by atoms with Crippen molar-refractivity contribution in [2.24, 2.45) is 28.6 Å². The van der Waals surface area contributed by atoms with Crippen LogP contribution in [0.2, 0.25) is 0 Å². The van der Waals surface area contributed by atoms with E-state index in [1.54, 1.807) is 12.1 Å². The molecule has 0 N–H and O–H groups in total. The van der Waals surface area contributed by atoms with Crippen molar-refractivity contribution in [3.05, 3.63) is 23.8 Å². The summed E-state index contributed by atoms with van der Waals surface area (Å²) < 4.78 is 10.9. The van der Waals surface area contributed by atoms with E-state index in [1.807, 2.05) is 6.07 Å². The summed E-state index contributed by atoms with van der Waals surface area (Å²) in [5.74, 6) is 2.35. The van der Waals surface area contributed by atoms with Crippen molar-refractivity contribution in [2.75, 3.05) is 0 Å². The molecule has 0 heterocycles. The van der Waals surface area contributed by atoms with Crippen molar-refractivity contribution in [2.45, 2.75) is 80.1 Å². The molecule has 2 aliphatic rings. The fourth-order valence-corrected chi connectivity index (χ4v) is 6.22. The third kappa shape index (κ3) is 4.22. The molecule has 160 valence electrons. The van der Waals surface area contributed by atoms with Crippen molar-refractivity contribution in [3.8, 4) is 11.5 Å². The van der Waals surface area contributed by atoms with E-state index in [2.05, 4.69) is 27.7 Å². The fourth-order valence-electron chi connectivity index (χ4n) is 6.22. The van der Waals surface area contributed by atoms with E-state index in [1.165, 1.54) is 46.0 Å². The second-order valence-corrected chi connectivity index (χ2v) is 9.97. The van der Waals surface area contributed by atoms with Crippen LogP contribution in [0.3, 0.4) is 0 Å². The molecule has 0 saturated heterocycles. The van der Waals surface area contributed by atoms with Gasteiger partial charge in [-0.25, -0.2) is 0 Å². The van der Waals surface area contributed by atoms with E-state index < -0.39 is 0 Å². The van der Waals surface area contributed by atoms with Gasteiger partial charge in [-0.2, -0.15) is 0 Å². The van der Waals surface area contributed by atoms with Gasteiger partial charge in [0, 0.05) is 13.8 Å². The number of hydrogen-bond acceptors (Lipinski definition) is 4. The molecule has 2 saturated carbocycles. The van der Waals surface area contributed by atoms with Crippen LogP contribution in [0.1, 0.15) is 79.2 Å². The minimum atomic E-state index is -0.345. The van der Waals surface area contributed by atoms with Crippen LogP contribution in [0.5, 0.6) is 11.5 Å². The Morgan fingerprint density at radius 3 is 2.34 bits per heavy atom. The molecule has 0 aromatic heterocycles. The van der Waals surface area contributed by atoms with Crippen molar-refractivity contribution in [1.29, 1.82) is 0 Å². The highest BCUT2D eigenvalue weighted by molar-refractivity contribution is 5.71. The maximum absolute atomic E-state index is 11.7. The number of fused-ring (bicyclic) bond motifs is 1. The first-order valence-corrected chi connectivity index (χ1v) is 11.1. The third-order valence-corrected chi connectivity index (χ3v) is 8.21. The summed E-state index contributed by atoms with van der Waals surface area (Å²) >= 11 is 0. The van der Waals surface area contributed by atoms with Crippen LogP contribution in [-0.4, -0.2) is 11.9 Å². The molecule has 1 aromatic rings. The van der Waals surface area contributed by atoms with Gasteiger partial charge in [-0.3, -0.25) is 9.59 Å². The molecule has 3 rings (SSSR count). The zero-order chi connectivity index (χ0) is 21.4. The zero-order valence-corrected chi connectivity index (χ0v) is 18.8. The van der Waals surface area contributed by atoms with Gasteiger partial charge in [0.15, 0.2) is 0 Å². The van der Waals surface area contributed by atoms with Crippen LogP contribution in [-0.2, 0) is 16.0 Å². The lowest BCUT2D eigenvalue weighted by molar-refractivity contribution is -0.133. The van der Waals surface area contributed by atoms with E-state index in [0.717, 1.165) is 17.9 Å². The Balaban J connectivity index is 2.00.